The van der Waals surface area contributed by atoms with Gasteiger partial charge in [-0.3, -0.25) is 0 Å². The fourth-order valence-corrected chi connectivity index (χ4v) is 3.29. The highest BCUT2D eigenvalue weighted by Gasteiger charge is 2.16. The summed E-state index contributed by atoms with van der Waals surface area (Å²) in [6.45, 7) is 7.59. The topological polar surface area (TPSA) is 32.3 Å². The number of hydrogen-bond acceptors (Lipinski definition) is 2. The van der Waals surface area contributed by atoms with E-state index in [1.54, 1.807) is 0 Å². The molecule has 2 atom stereocenters. The second-order valence-corrected chi connectivity index (χ2v) is 7.76. The average Bonchev–Trinajstić information content (AvgIpc) is 2.59. The fraction of sp³-hybridized carbons (Fsp3) is 0.455. The van der Waals surface area contributed by atoms with Gasteiger partial charge in [0.25, 0.3) is 0 Å². The molecular weight excluding hydrogens is 330 g/mol. The highest BCUT2D eigenvalue weighted by atomic mass is 35.5. The monoisotopic (exact) mass is 359 g/mol. The van der Waals surface area contributed by atoms with Crippen LogP contribution >= 0.6 is 11.6 Å². The van der Waals surface area contributed by atoms with Crippen LogP contribution in [0.2, 0.25) is 5.02 Å². The van der Waals surface area contributed by atoms with Crippen molar-refractivity contribution in [2.45, 2.75) is 39.7 Å². The molecule has 0 aliphatic carbocycles. The lowest BCUT2D eigenvalue weighted by molar-refractivity contribution is 0.216. The number of aryl methyl sites for hydroxylation is 1. The summed E-state index contributed by atoms with van der Waals surface area (Å²) in [6, 6.07) is 16.8. The summed E-state index contributed by atoms with van der Waals surface area (Å²) >= 11 is 6.02. The van der Waals surface area contributed by atoms with Gasteiger partial charge in [0.05, 0.1) is 0 Å². The normalized spacial score (nSPS) is 13.8. The van der Waals surface area contributed by atoms with Crippen LogP contribution in [0.25, 0.3) is 0 Å². The number of nitrogens with one attached hydrogen (secondary N) is 1. The number of rotatable bonds is 9. The van der Waals surface area contributed by atoms with E-state index in [1.807, 2.05) is 12.1 Å². The van der Waals surface area contributed by atoms with E-state index in [9.17, 15) is 5.11 Å². The molecule has 25 heavy (non-hydrogen) atoms. The molecule has 2 aromatic rings. The number of hydrogen-bond donors (Lipinski definition) is 2. The Bertz CT molecular complexity index is 639. The molecule has 2 N–H and O–H groups in total. The van der Waals surface area contributed by atoms with E-state index in [4.69, 9.17) is 11.6 Å². The number of benzene rings is 2. The van der Waals surface area contributed by atoms with Crippen molar-refractivity contribution in [3.8, 4) is 0 Å². The fourth-order valence-electron chi connectivity index (χ4n) is 3.16. The molecule has 0 bridgehead atoms. The first-order valence-corrected chi connectivity index (χ1v) is 9.51. The molecule has 0 heterocycles. The lowest BCUT2D eigenvalue weighted by atomic mass is 9.94. The molecule has 2 aromatic carbocycles. The van der Waals surface area contributed by atoms with Crippen LogP contribution in [0.1, 0.15) is 43.0 Å². The Morgan fingerprint density at radius 2 is 1.72 bits per heavy atom. The van der Waals surface area contributed by atoms with Crippen molar-refractivity contribution in [3.63, 3.8) is 0 Å². The Kier molecular flexibility index (Phi) is 7.95. The van der Waals surface area contributed by atoms with Crippen molar-refractivity contribution >= 4 is 11.6 Å². The Labute approximate surface area is 157 Å². The summed E-state index contributed by atoms with van der Waals surface area (Å²) in [4.78, 5) is 0. The van der Waals surface area contributed by atoms with E-state index in [2.05, 4.69) is 62.5 Å². The molecule has 2 rings (SSSR count). The summed E-state index contributed by atoms with van der Waals surface area (Å²) in [7, 11) is 0. The molecule has 3 heteroatoms. The van der Waals surface area contributed by atoms with Crippen LogP contribution in [-0.2, 0) is 6.42 Å². The van der Waals surface area contributed by atoms with E-state index in [1.165, 1.54) is 16.7 Å². The van der Waals surface area contributed by atoms with Crippen LogP contribution in [-0.4, -0.2) is 18.3 Å². The molecule has 0 aliphatic rings. The van der Waals surface area contributed by atoms with Gasteiger partial charge in [0.15, 0.2) is 0 Å². The van der Waals surface area contributed by atoms with Crippen molar-refractivity contribution in [2.24, 2.45) is 11.8 Å². The SMILES string of the molecule is Cc1ccccc1CC(CO)CNC(CC(C)C)c1ccc(Cl)cc1. The summed E-state index contributed by atoms with van der Waals surface area (Å²) in [6.07, 6.45) is 1.95. The van der Waals surface area contributed by atoms with Gasteiger partial charge in [-0.15, -0.1) is 0 Å². The third kappa shape index (κ3) is 6.47. The van der Waals surface area contributed by atoms with Gasteiger partial charge in [-0.2, -0.15) is 0 Å². The lowest BCUT2D eigenvalue weighted by Crippen LogP contribution is -2.31. The largest absolute Gasteiger partial charge is 0.396 e. The van der Waals surface area contributed by atoms with Crippen LogP contribution in [0, 0.1) is 18.8 Å². The smallest absolute Gasteiger partial charge is 0.0474 e. The minimum atomic E-state index is 0.191. The maximum Gasteiger partial charge on any atom is 0.0474 e. The summed E-state index contributed by atoms with van der Waals surface area (Å²) in [5.74, 6) is 0.806. The zero-order chi connectivity index (χ0) is 18.2. The van der Waals surface area contributed by atoms with Crippen molar-refractivity contribution in [3.05, 3.63) is 70.2 Å². The Balaban J connectivity index is 2.02. The Morgan fingerprint density at radius 3 is 2.32 bits per heavy atom. The second-order valence-electron chi connectivity index (χ2n) is 7.32. The van der Waals surface area contributed by atoms with Crippen molar-refractivity contribution < 1.29 is 5.11 Å². The minimum Gasteiger partial charge on any atom is -0.396 e. The van der Waals surface area contributed by atoms with Crippen molar-refractivity contribution in [1.29, 1.82) is 0 Å². The first-order valence-electron chi connectivity index (χ1n) is 9.13. The first-order chi connectivity index (χ1) is 12.0. The molecule has 0 fully saturated rings. The van der Waals surface area contributed by atoms with Gasteiger partial charge in [-0.25, -0.2) is 0 Å². The molecule has 0 radical (unpaired) electrons. The molecule has 2 unspecified atom stereocenters. The quantitative estimate of drug-likeness (QED) is 0.646. The standard InChI is InChI=1S/C22H30ClNO/c1-16(2)12-22(19-8-10-21(23)11-9-19)24-14-18(15-25)13-20-7-5-4-6-17(20)3/h4-11,16,18,22,24-25H,12-15H2,1-3H3. The van der Waals surface area contributed by atoms with Gasteiger partial charge in [-0.1, -0.05) is 61.8 Å². The molecule has 2 nitrogen and oxygen atoms in total. The molecular formula is C22H30ClNO. The van der Waals surface area contributed by atoms with E-state index in [-0.39, 0.29) is 18.6 Å². The lowest BCUT2D eigenvalue weighted by Gasteiger charge is -2.24. The predicted molar refractivity (Wildman–Crippen MR) is 107 cm³/mol. The molecule has 0 aromatic heterocycles. The minimum absolute atomic E-state index is 0.191. The summed E-state index contributed by atoms with van der Waals surface area (Å²) in [5.41, 5.74) is 3.86. The van der Waals surface area contributed by atoms with Gasteiger partial charge >= 0.3 is 0 Å². The van der Waals surface area contributed by atoms with E-state index in [0.29, 0.717) is 5.92 Å². The summed E-state index contributed by atoms with van der Waals surface area (Å²) in [5, 5.41) is 14.3. The first kappa shape index (κ1) is 20.0. The van der Waals surface area contributed by atoms with Gasteiger partial charge in [0, 0.05) is 24.2 Å². The van der Waals surface area contributed by atoms with Gasteiger partial charge < -0.3 is 10.4 Å². The number of aliphatic hydroxyl groups is 1. The Hall–Kier alpha value is -1.35. The highest BCUT2D eigenvalue weighted by molar-refractivity contribution is 6.30. The molecule has 0 aliphatic heterocycles. The van der Waals surface area contributed by atoms with Gasteiger partial charge in [0.2, 0.25) is 0 Å². The highest BCUT2D eigenvalue weighted by Crippen LogP contribution is 2.23. The van der Waals surface area contributed by atoms with Crippen molar-refractivity contribution in [1.82, 2.24) is 5.32 Å². The predicted octanol–water partition coefficient (Wildman–Crippen LogP) is 5.18. The van der Waals surface area contributed by atoms with Crippen LogP contribution in [0.3, 0.4) is 0 Å². The average molecular weight is 360 g/mol. The van der Waals surface area contributed by atoms with E-state index >= 15 is 0 Å². The zero-order valence-corrected chi connectivity index (χ0v) is 16.3. The number of aliphatic hydroxyl groups excluding tert-OH is 1. The molecule has 136 valence electrons. The molecule has 0 spiro atoms. The Morgan fingerprint density at radius 1 is 1.04 bits per heavy atom. The third-order valence-corrected chi connectivity index (χ3v) is 4.91. The maximum absolute atomic E-state index is 9.82. The van der Waals surface area contributed by atoms with Crippen LogP contribution < -0.4 is 5.32 Å². The van der Waals surface area contributed by atoms with E-state index < -0.39 is 0 Å². The van der Waals surface area contributed by atoms with Gasteiger partial charge in [0.1, 0.15) is 0 Å². The molecule has 0 saturated heterocycles. The molecule has 0 saturated carbocycles. The summed E-state index contributed by atoms with van der Waals surface area (Å²) < 4.78 is 0. The van der Waals surface area contributed by atoms with Gasteiger partial charge in [-0.05, 0) is 60.4 Å². The third-order valence-electron chi connectivity index (χ3n) is 4.66. The number of halogens is 1. The zero-order valence-electron chi connectivity index (χ0n) is 15.5. The van der Waals surface area contributed by atoms with Crippen LogP contribution in [0.15, 0.2) is 48.5 Å². The maximum atomic E-state index is 9.82. The van der Waals surface area contributed by atoms with Crippen LogP contribution in [0.4, 0.5) is 0 Å². The second kappa shape index (κ2) is 9.96. The molecule has 0 amide bonds. The van der Waals surface area contributed by atoms with Crippen molar-refractivity contribution in [2.75, 3.05) is 13.2 Å². The van der Waals surface area contributed by atoms with E-state index in [0.717, 1.165) is 24.4 Å². The van der Waals surface area contributed by atoms with Crippen LogP contribution in [0.5, 0.6) is 0 Å².